The van der Waals surface area contributed by atoms with Gasteiger partial charge in [0.25, 0.3) is 0 Å². The van der Waals surface area contributed by atoms with Crippen LogP contribution >= 0.6 is 7.92 Å². The molecule has 2 aromatic carbocycles. The summed E-state index contributed by atoms with van der Waals surface area (Å²) in [6.45, 7) is 2.41. The van der Waals surface area contributed by atoms with E-state index in [9.17, 15) is 0 Å². The van der Waals surface area contributed by atoms with Crippen LogP contribution in [0.3, 0.4) is 0 Å². The SMILES string of the molecule is C[SiH2]CCP(c1ccccc1)c1ccccc1. The number of benzene rings is 2. The first-order chi connectivity index (χ1) is 8.42. The lowest BCUT2D eigenvalue weighted by atomic mass is 10.4. The van der Waals surface area contributed by atoms with Crippen LogP contribution in [0.15, 0.2) is 60.7 Å². The fourth-order valence-corrected chi connectivity index (χ4v) is 6.35. The van der Waals surface area contributed by atoms with E-state index in [0.717, 1.165) is 0 Å². The zero-order chi connectivity index (χ0) is 11.9. The monoisotopic (exact) mass is 258 g/mol. The molecule has 0 aromatic heterocycles. The topological polar surface area (TPSA) is 0 Å². The van der Waals surface area contributed by atoms with Gasteiger partial charge in [0.2, 0.25) is 0 Å². The smallest absolute Gasteiger partial charge is 0.0170 e. The Morgan fingerprint density at radius 3 is 1.71 bits per heavy atom. The molecule has 17 heavy (non-hydrogen) atoms. The van der Waals surface area contributed by atoms with Crippen LogP contribution in [0.1, 0.15) is 0 Å². The van der Waals surface area contributed by atoms with E-state index >= 15 is 0 Å². The molecule has 0 N–H and O–H groups in total. The van der Waals surface area contributed by atoms with Crippen LogP contribution in [0.4, 0.5) is 0 Å². The molecule has 0 amide bonds. The van der Waals surface area contributed by atoms with Gasteiger partial charge in [-0.05, 0) is 24.7 Å². The molecule has 0 bridgehead atoms. The Bertz CT molecular complexity index is 388. The fraction of sp³-hybridized carbons (Fsp3) is 0.200. The molecule has 2 rings (SSSR count). The molecule has 0 aliphatic heterocycles. The highest BCUT2D eigenvalue weighted by Crippen LogP contribution is 2.33. The summed E-state index contributed by atoms with van der Waals surface area (Å²) < 4.78 is 0. The Kier molecular flexibility index (Phi) is 4.97. The Balaban J connectivity index is 2.26. The van der Waals surface area contributed by atoms with Crippen LogP contribution in [0.2, 0.25) is 12.6 Å². The van der Waals surface area contributed by atoms with Gasteiger partial charge in [-0.25, -0.2) is 0 Å². The third-order valence-electron chi connectivity index (χ3n) is 2.87. The van der Waals surface area contributed by atoms with E-state index in [0.29, 0.717) is 0 Å². The van der Waals surface area contributed by atoms with Crippen LogP contribution in [0, 0.1) is 0 Å². The van der Waals surface area contributed by atoms with E-state index in [4.69, 9.17) is 0 Å². The summed E-state index contributed by atoms with van der Waals surface area (Å²) in [4.78, 5) is 0. The van der Waals surface area contributed by atoms with Gasteiger partial charge in [-0.3, -0.25) is 0 Å². The average Bonchev–Trinajstić information content (AvgIpc) is 2.42. The van der Waals surface area contributed by atoms with E-state index in [1.54, 1.807) is 0 Å². The van der Waals surface area contributed by atoms with Crippen molar-refractivity contribution in [2.24, 2.45) is 0 Å². The normalized spacial score (nSPS) is 11.4. The van der Waals surface area contributed by atoms with Gasteiger partial charge in [0.1, 0.15) is 0 Å². The Morgan fingerprint density at radius 2 is 1.29 bits per heavy atom. The van der Waals surface area contributed by atoms with Crippen molar-refractivity contribution in [3.05, 3.63) is 60.7 Å². The van der Waals surface area contributed by atoms with E-state index in [1.165, 1.54) is 22.8 Å². The molecule has 0 nitrogen and oxygen atoms in total. The largest absolute Gasteiger partial charge is 0.0748 e. The van der Waals surface area contributed by atoms with E-state index in [2.05, 4.69) is 67.2 Å². The van der Waals surface area contributed by atoms with Crippen molar-refractivity contribution < 1.29 is 0 Å². The molecule has 0 saturated heterocycles. The molecule has 0 fully saturated rings. The van der Waals surface area contributed by atoms with Gasteiger partial charge in [-0.1, -0.05) is 73.3 Å². The Morgan fingerprint density at radius 1 is 0.824 bits per heavy atom. The first-order valence-corrected chi connectivity index (χ1v) is 10.2. The molecule has 2 heteroatoms. The minimum atomic E-state index is -0.122. The van der Waals surface area contributed by atoms with Gasteiger partial charge in [0.15, 0.2) is 0 Å². The number of hydrogen-bond acceptors (Lipinski definition) is 0. The predicted molar refractivity (Wildman–Crippen MR) is 83.2 cm³/mol. The summed E-state index contributed by atoms with van der Waals surface area (Å²) >= 11 is 0. The molecule has 0 unspecified atom stereocenters. The van der Waals surface area contributed by atoms with E-state index < -0.39 is 0 Å². The summed E-state index contributed by atoms with van der Waals surface area (Å²) in [6.07, 6.45) is 1.37. The molecule has 0 atom stereocenters. The lowest BCUT2D eigenvalue weighted by Gasteiger charge is -2.18. The molecule has 0 aliphatic carbocycles. The van der Waals surface area contributed by atoms with Crippen molar-refractivity contribution in [3.8, 4) is 0 Å². The second kappa shape index (κ2) is 6.73. The van der Waals surface area contributed by atoms with Crippen molar-refractivity contribution in [3.63, 3.8) is 0 Å². The number of hydrogen-bond donors (Lipinski definition) is 0. The lowest BCUT2D eigenvalue weighted by molar-refractivity contribution is 1.46. The summed E-state index contributed by atoms with van der Waals surface area (Å²) in [6, 6.07) is 23.5. The standard InChI is InChI=1S/C15H19PSi/c1-17-13-12-16(14-8-4-2-5-9-14)15-10-6-3-7-11-15/h2-11H,12-13,17H2,1H3. The van der Waals surface area contributed by atoms with Crippen molar-refractivity contribution >= 4 is 28.1 Å². The van der Waals surface area contributed by atoms with Crippen LogP contribution < -0.4 is 10.6 Å². The maximum absolute atomic E-state index is 2.41. The molecule has 88 valence electrons. The zero-order valence-corrected chi connectivity index (χ0v) is 12.7. The average molecular weight is 258 g/mol. The van der Waals surface area contributed by atoms with Crippen LogP contribution in [-0.4, -0.2) is 15.7 Å². The van der Waals surface area contributed by atoms with Gasteiger partial charge in [-0.2, -0.15) is 0 Å². The van der Waals surface area contributed by atoms with Gasteiger partial charge < -0.3 is 0 Å². The van der Waals surface area contributed by atoms with E-state index in [1.807, 2.05) is 0 Å². The van der Waals surface area contributed by atoms with Crippen molar-refractivity contribution in [2.45, 2.75) is 12.6 Å². The highest BCUT2D eigenvalue weighted by Gasteiger charge is 2.11. The maximum atomic E-state index is 2.41. The van der Waals surface area contributed by atoms with Crippen molar-refractivity contribution in [1.29, 1.82) is 0 Å². The highest BCUT2D eigenvalue weighted by molar-refractivity contribution is 7.73. The molecule has 0 saturated carbocycles. The lowest BCUT2D eigenvalue weighted by Crippen LogP contribution is -2.14. The summed E-state index contributed by atoms with van der Waals surface area (Å²) in [5.74, 6) is 0. The quantitative estimate of drug-likeness (QED) is 0.571. The van der Waals surface area contributed by atoms with Crippen molar-refractivity contribution in [1.82, 2.24) is 0 Å². The minimum Gasteiger partial charge on any atom is -0.0748 e. The first-order valence-electron chi connectivity index (χ1n) is 6.29. The molecule has 0 aliphatic rings. The van der Waals surface area contributed by atoms with Crippen LogP contribution in [0.25, 0.3) is 0 Å². The second-order valence-corrected chi connectivity index (χ2v) is 8.22. The Labute approximate surface area is 108 Å². The van der Waals surface area contributed by atoms with Gasteiger partial charge in [0, 0.05) is 9.52 Å². The molecular weight excluding hydrogens is 239 g/mol. The molecule has 0 radical (unpaired) electrons. The second-order valence-electron chi connectivity index (χ2n) is 4.18. The molecule has 2 aromatic rings. The van der Waals surface area contributed by atoms with Crippen molar-refractivity contribution in [2.75, 3.05) is 6.16 Å². The molecular formula is C15H19PSi. The van der Waals surface area contributed by atoms with Crippen LogP contribution in [0.5, 0.6) is 0 Å². The van der Waals surface area contributed by atoms with Crippen LogP contribution in [-0.2, 0) is 0 Å². The summed E-state index contributed by atoms with van der Waals surface area (Å²) in [5, 5.41) is 3.05. The van der Waals surface area contributed by atoms with Gasteiger partial charge >= 0.3 is 0 Å². The highest BCUT2D eigenvalue weighted by atomic mass is 31.1. The molecule has 0 spiro atoms. The number of rotatable bonds is 5. The van der Waals surface area contributed by atoms with Gasteiger partial charge in [0.05, 0.1) is 0 Å². The summed E-state index contributed by atoms with van der Waals surface area (Å²) in [7, 11) is 0.0556. The first kappa shape index (κ1) is 12.5. The Hall–Kier alpha value is -0.913. The fourth-order valence-electron chi connectivity index (χ4n) is 1.94. The van der Waals surface area contributed by atoms with Gasteiger partial charge in [-0.15, -0.1) is 0 Å². The summed E-state index contributed by atoms with van der Waals surface area (Å²) in [5.41, 5.74) is 0. The predicted octanol–water partition coefficient (Wildman–Crippen LogP) is 2.75. The third kappa shape index (κ3) is 3.52. The maximum Gasteiger partial charge on any atom is 0.0170 e. The minimum absolute atomic E-state index is 0.122. The van der Waals surface area contributed by atoms with E-state index in [-0.39, 0.29) is 17.4 Å². The molecule has 0 heterocycles. The third-order valence-corrected chi connectivity index (χ3v) is 7.13. The zero-order valence-electron chi connectivity index (χ0n) is 10.3.